The molecule has 0 aliphatic carbocycles. The van der Waals surface area contributed by atoms with Crippen molar-refractivity contribution in [3.8, 4) is 11.5 Å². The quantitative estimate of drug-likeness (QED) is 0.269. The standard InChI is InChI=1S/C23H19BrCl2N2O5/c1-3-7-28-22(30)15(21(29)27-23(28)31)8-14-9-16(24)20(19(11-14)32-4-2)33-12-13-5-6-17(25)18(26)10-13/h3,5-6,8-11H,1,4,7,12H2,2H3,(H,27,29,31). The summed E-state index contributed by atoms with van der Waals surface area (Å²) < 4.78 is 12.2. The summed E-state index contributed by atoms with van der Waals surface area (Å²) in [6.07, 6.45) is 2.78. The first-order valence-corrected chi connectivity index (χ1v) is 11.3. The first kappa shape index (κ1) is 24.8. The van der Waals surface area contributed by atoms with E-state index in [1.54, 1.807) is 30.3 Å². The van der Waals surface area contributed by atoms with E-state index in [1.165, 1.54) is 12.2 Å². The van der Waals surface area contributed by atoms with Gasteiger partial charge in [-0.15, -0.1) is 6.58 Å². The molecule has 1 saturated heterocycles. The van der Waals surface area contributed by atoms with Gasteiger partial charge in [0.05, 0.1) is 21.1 Å². The minimum absolute atomic E-state index is 0.0231. The van der Waals surface area contributed by atoms with Gasteiger partial charge >= 0.3 is 6.03 Å². The molecule has 33 heavy (non-hydrogen) atoms. The zero-order valence-electron chi connectivity index (χ0n) is 17.5. The van der Waals surface area contributed by atoms with Crippen molar-refractivity contribution in [3.63, 3.8) is 0 Å². The third-order valence-corrected chi connectivity index (χ3v) is 5.84. The molecule has 0 radical (unpaired) electrons. The van der Waals surface area contributed by atoms with E-state index in [1.807, 2.05) is 6.92 Å². The van der Waals surface area contributed by atoms with E-state index in [0.717, 1.165) is 10.5 Å². The lowest BCUT2D eigenvalue weighted by Crippen LogP contribution is -2.54. The number of hydrogen-bond acceptors (Lipinski definition) is 5. The molecule has 1 N–H and O–H groups in total. The van der Waals surface area contributed by atoms with Gasteiger partial charge in [-0.25, -0.2) is 4.79 Å². The van der Waals surface area contributed by atoms with Crippen LogP contribution in [0.4, 0.5) is 4.79 Å². The number of benzene rings is 2. The van der Waals surface area contributed by atoms with Crippen molar-refractivity contribution in [2.75, 3.05) is 13.2 Å². The van der Waals surface area contributed by atoms with E-state index in [-0.39, 0.29) is 18.7 Å². The third kappa shape index (κ3) is 5.76. The summed E-state index contributed by atoms with van der Waals surface area (Å²) in [6, 6.07) is 7.72. The van der Waals surface area contributed by atoms with Gasteiger partial charge in [0.2, 0.25) is 0 Å². The van der Waals surface area contributed by atoms with Crippen molar-refractivity contribution in [3.05, 3.63) is 74.2 Å². The van der Waals surface area contributed by atoms with Crippen LogP contribution in [0.15, 0.2) is 53.0 Å². The Morgan fingerprint density at radius 1 is 1.12 bits per heavy atom. The Morgan fingerprint density at radius 3 is 2.55 bits per heavy atom. The Balaban J connectivity index is 1.92. The zero-order valence-corrected chi connectivity index (χ0v) is 20.6. The molecular formula is C23H19BrCl2N2O5. The molecule has 1 heterocycles. The molecule has 4 amide bonds. The summed E-state index contributed by atoms with van der Waals surface area (Å²) in [5.41, 5.74) is 1.12. The van der Waals surface area contributed by atoms with E-state index < -0.39 is 17.8 Å². The number of nitrogens with one attached hydrogen (secondary N) is 1. The van der Waals surface area contributed by atoms with Gasteiger partial charge in [0.1, 0.15) is 12.2 Å². The number of ether oxygens (including phenoxy) is 2. The second-order valence-corrected chi connectivity index (χ2v) is 8.49. The zero-order chi connectivity index (χ0) is 24.1. The fourth-order valence-electron chi connectivity index (χ4n) is 3.01. The number of carbonyl (C=O) groups is 3. The smallest absolute Gasteiger partial charge is 0.331 e. The number of urea groups is 1. The van der Waals surface area contributed by atoms with Crippen LogP contribution in [0.5, 0.6) is 11.5 Å². The van der Waals surface area contributed by atoms with Gasteiger partial charge in [0, 0.05) is 6.54 Å². The molecule has 1 aliphatic heterocycles. The van der Waals surface area contributed by atoms with E-state index >= 15 is 0 Å². The van der Waals surface area contributed by atoms with Gasteiger partial charge in [0.25, 0.3) is 11.8 Å². The molecule has 10 heteroatoms. The van der Waals surface area contributed by atoms with Crippen molar-refractivity contribution in [2.24, 2.45) is 0 Å². The highest BCUT2D eigenvalue weighted by Gasteiger charge is 2.35. The molecular weight excluding hydrogens is 535 g/mol. The van der Waals surface area contributed by atoms with Crippen molar-refractivity contribution >= 4 is 63.1 Å². The Morgan fingerprint density at radius 2 is 1.88 bits per heavy atom. The van der Waals surface area contributed by atoms with Crippen molar-refractivity contribution < 1.29 is 23.9 Å². The number of rotatable bonds is 8. The Kier molecular flexibility index (Phi) is 8.18. The SMILES string of the molecule is C=CCN1C(=O)NC(=O)C(=Cc2cc(Br)c(OCc3ccc(Cl)c(Cl)c3)c(OCC)c2)C1=O. The molecule has 2 aromatic carbocycles. The van der Waals surface area contributed by atoms with Crippen LogP contribution in [-0.2, 0) is 16.2 Å². The molecule has 0 spiro atoms. The minimum Gasteiger partial charge on any atom is -0.490 e. The number of amides is 4. The van der Waals surface area contributed by atoms with Crippen molar-refractivity contribution in [1.29, 1.82) is 0 Å². The number of halogens is 3. The molecule has 1 aliphatic rings. The summed E-state index contributed by atoms with van der Waals surface area (Å²) in [7, 11) is 0. The second-order valence-electron chi connectivity index (χ2n) is 6.82. The third-order valence-electron chi connectivity index (χ3n) is 4.51. The molecule has 0 saturated carbocycles. The van der Waals surface area contributed by atoms with Gasteiger partial charge in [0.15, 0.2) is 11.5 Å². The maximum Gasteiger partial charge on any atom is 0.331 e. The van der Waals surface area contributed by atoms with Crippen molar-refractivity contribution in [2.45, 2.75) is 13.5 Å². The predicted octanol–water partition coefficient (Wildman–Crippen LogP) is 5.38. The fraction of sp³-hybridized carbons (Fsp3) is 0.174. The lowest BCUT2D eigenvalue weighted by atomic mass is 10.1. The molecule has 172 valence electrons. The number of hydrogen-bond donors (Lipinski definition) is 1. The highest BCUT2D eigenvalue weighted by molar-refractivity contribution is 9.10. The van der Waals surface area contributed by atoms with E-state index in [9.17, 15) is 14.4 Å². The molecule has 3 rings (SSSR count). The summed E-state index contributed by atoms with van der Waals surface area (Å²) in [6.45, 7) is 5.88. The fourth-order valence-corrected chi connectivity index (χ4v) is 3.91. The lowest BCUT2D eigenvalue weighted by molar-refractivity contribution is -0.129. The lowest BCUT2D eigenvalue weighted by Gasteiger charge is -2.25. The van der Waals surface area contributed by atoms with Crippen LogP contribution in [0, 0.1) is 0 Å². The van der Waals surface area contributed by atoms with E-state index in [2.05, 4.69) is 27.8 Å². The molecule has 7 nitrogen and oxygen atoms in total. The van der Waals surface area contributed by atoms with Gasteiger partial charge in [-0.2, -0.15) is 0 Å². The number of barbiturate groups is 1. The Labute approximate surface area is 209 Å². The van der Waals surface area contributed by atoms with Crippen LogP contribution >= 0.6 is 39.1 Å². The minimum atomic E-state index is -0.788. The molecule has 0 unspecified atom stereocenters. The summed E-state index contributed by atoms with van der Waals surface area (Å²) in [5, 5.41) is 3.02. The average Bonchev–Trinajstić information content (AvgIpc) is 2.76. The van der Waals surface area contributed by atoms with Crippen LogP contribution in [0.1, 0.15) is 18.1 Å². The topological polar surface area (TPSA) is 84.9 Å². The van der Waals surface area contributed by atoms with Crippen LogP contribution < -0.4 is 14.8 Å². The van der Waals surface area contributed by atoms with Gasteiger partial charge in [-0.1, -0.05) is 35.3 Å². The van der Waals surface area contributed by atoms with Crippen LogP contribution in [-0.4, -0.2) is 35.9 Å². The highest BCUT2D eigenvalue weighted by atomic mass is 79.9. The first-order chi connectivity index (χ1) is 15.7. The number of imide groups is 2. The molecule has 2 aromatic rings. The van der Waals surface area contributed by atoms with Crippen LogP contribution in [0.3, 0.4) is 0 Å². The predicted molar refractivity (Wildman–Crippen MR) is 130 cm³/mol. The largest absolute Gasteiger partial charge is 0.490 e. The summed E-state index contributed by atoms with van der Waals surface area (Å²) in [4.78, 5) is 37.7. The highest BCUT2D eigenvalue weighted by Crippen LogP contribution is 2.38. The van der Waals surface area contributed by atoms with Crippen LogP contribution in [0.25, 0.3) is 6.08 Å². The Bertz CT molecular complexity index is 1170. The summed E-state index contributed by atoms with van der Waals surface area (Å²) >= 11 is 15.5. The summed E-state index contributed by atoms with van der Waals surface area (Å²) in [5.74, 6) is -0.647. The maximum atomic E-state index is 12.7. The van der Waals surface area contributed by atoms with Gasteiger partial charge < -0.3 is 9.47 Å². The molecule has 0 bridgehead atoms. The van der Waals surface area contributed by atoms with Gasteiger partial charge in [-0.05, 0) is 64.3 Å². The monoisotopic (exact) mass is 552 g/mol. The normalized spacial score (nSPS) is 15.0. The first-order valence-electron chi connectivity index (χ1n) is 9.78. The number of carbonyl (C=O) groups excluding carboxylic acids is 3. The molecule has 1 fully saturated rings. The van der Waals surface area contributed by atoms with Crippen LogP contribution in [0.2, 0.25) is 10.0 Å². The van der Waals surface area contributed by atoms with Gasteiger partial charge in [-0.3, -0.25) is 19.8 Å². The number of nitrogens with zero attached hydrogens (tertiary/aromatic N) is 1. The van der Waals surface area contributed by atoms with E-state index in [0.29, 0.717) is 38.2 Å². The maximum absolute atomic E-state index is 12.7. The Hall–Kier alpha value is -2.81. The van der Waals surface area contributed by atoms with E-state index in [4.69, 9.17) is 32.7 Å². The van der Waals surface area contributed by atoms with Crippen molar-refractivity contribution in [1.82, 2.24) is 10.2 Å². The average molecular weight is 554 g/mol. The molecule has 0 atom stereocenters. The molecule has 0 aromatic heterocycles. The second kappa shape index (κ2) is 10.9.